The Morgan fingerprint density at radius 2 is 1.81 bits per heavy atom. The van der Waals surface area contributed by atoms with Crippen molar-refractivity contribution in [2.45, 2.75) is 25.8 Å². The maximum atomic E-state index is 12.5. The Morgan fingerprint density at radius 1 is 1.11 bits per heavy atom. The van der Waals surface area contributed by atoms with Gasteiger partial charge in [0.15, 0.2) is 0 Å². The Morgan fingerprint density at radius 3 is 2.52 bits per heavy atom. The lowest BCUT2D eigenvalue weighted by molar-refractivity contribution is -0.137. The van der Waals surface area contributed by atoms with Crippen LogP contribution in [0.4, 0.5) is 0 Å². The number of nitrogens with one attached hydrogen (secondary N) is 1. The Kier molecular flexibility index (Phi) is 5.61. The molecule has 1 atom stereocenters. The van der Waals surface area contributed by atoms with Crippen LogP contribution in [-0.2, 0) is 16.0 Å². The van der Waals surface area contributed by atoms with Crippen LogP contribution in [0.2, 0.25) is 0 Å². The lowest BCUT2D eigenvalue weighted by atomic mass is 9.98. The summed E-state index contributed by atoms with van der Waals surface area (Å²) in [4.78, 5) is 25.1. The van der Waals surface area contributed by atoms with E-state index in [1.54, 1.807) is 0 Å². The van der Waals surface area contributed by atoms with Crippen LogP contribution in [0, 0.1) is 6.92 Å². The quantitative estimate of drug-likeness (QED) is 0.671. The smallest absolute Gasteiger partial charge is 0.305 e. The molecule has 7 heteroatoms. The number of aliphatic carboxylic acids is 1. The molecule has 3 rings (SSSR count). The van der Waals surface area contributed by atoms with Gasteiger partial charge in [-0.05, 0) is 30.2 Å². The number of amides is 1. The van der Waals surface area contributed by atoms with Gasteiger partial charge < -0.3 is 10.4 Å². The molecule has 1 aromatic heterocycles. The van der Waals surface area contributed by atoms with Gasteiger partial charge in [0.2, 0.25) is 5.91 Å². The van der Waals surface area contributed by atoms with Crippen LogP contribution < -0.4 is 5.32 Å². The maximum absolute atomic E-state index is 12.5. The summed E-state index contributed by atoms with van der Waals surface area (Å²) >= 11 is 0. The molecule has 27 heavy (non-hydrogen) atoms. The minimum atomic E-state index is -0.974. The molecule has 0 saturated carbocycles. The van der Waals surface area contributed by atoms with Crippen LogP contribution in [-0.4, -0.2) is 32.0 Å². The largest absolute Gasteiger partial charge is 0.481 e. The van der Waals surface area contributed by atoms with Gasteiger partial charge in [-0.15, -0.1) is 0 Å². The van der Waals surface area contributed by atoms with E-state index in [2.05, 4.69) is 15.5 Å². The number of hydrogen-bond acceptors (Lipinski definition) is 4. The highest BCUT2D eigenvalue weighted by atomic mass is 16.4. The first-order valence-electron chi connectivity index (χ1n) is 8.56. The van der Waals surface area contributed by atoms with Crippen molar-refractivity contribution < 1.29 is 14.7 Å². The van der Waals surface area contributed by atoms with E-state index in [9.17, 15) is 14.7 Å². The number of rotatable bonds is 7. The molecule has 1 amide bonds. The van der Waals surface area contributed by atoms with Crippen molar-refractivity contribution >= 4 is 11.9 Å². The SMILES string of the molecule is Cc1ccccc1[C@H](CC(=O)O)NC(=O)Cc1cnn(-c2ccccc2)n1. The summed E-state index contributed by atoms with van der Waals surface area (Å²) in [6.45, 7) is 1.89. The molecule has 7 nitrogen and oxygen atoms in total. The number of nitrogens with zero attached hydrogens (tertiary/aromatic N) is 3. The van der Waals surface area contributed by atoms with Gasteiger partial charge in [0.05, 0.1) is 36.5 Å². The first-order chi connectivity index (χ1) is 13.0. The number of hydrogen-bond donors (Lipinski definition) is 2. The summed E-state index contributed by atoms with van der Waals surface area (Å²) < 4.78 is 0. The zero-order chi connectivity index (χ0) is 19.2. The maximum Gasteiger partial charge on any atom is 0.305 e. The fourth-order valence-electron chi connectivity index (χ4n) is 2.86. The normalized spacial score (nSPS) is 11.7. The second-order valence-electron chi connectivity index (χ2n) is 6.21. The Hall–Kier alpha value is -3.48. The molecule has 1 heterocycles. The summed E-state index contributed by atoms with van der Waals surface area (Å²) in [5.41, 5.74) is 3.03. The van der Waals surface area contributed by atoms with Crippen LogP contribution in [0.3, 0.4) is 0 Å². The summed E-state index contributed by atoms with van der Waals surface area (Å²) in [6, 6.07) is 16.2. The molecule has 2 aromatic carbocycles. The molecule has 3 aromatic rings. The van der Waals surface area contributed by atoms with Crippen molar-refractivity contribution in [1.82, 2.24) is 20.3 Å². The number of carbonyl (C=O) groups excluding carboxylic acids is 1. The Balaban J connectivity index is 1.70. The average Bonchev–Trinajstić information content (AvgIpc) is 3.10. The predicted octanol–water partition coefficient (Wildman–Crippen LogP) is 2.45. The van der Waals surface area contributed by atoms with Crippen molar-refractivity contribution in [2.75, 3.05) is 0 Å². The molecule has 0 aliphatic rings. The molecular formula is C20H20N4O3. The van der Waals surface area contributed by atoms with Crippen molar-refractivity contribution in [3.05, 3.63) is 77.6 Å². The van der Waals surface area contributed by atoms with Crippen LogP contribution in [0.15, 0.2) is 60.8 Å². The third-order valence-corrected chi connectivity index (χ3v) is 4.15. The molecule has 0 unspecified atom stereocenters. The molecule has 0 fully saturated rings. The highest BCUT2D eigenvalue weighted by molar-refractivity contribution is 5.79. The van der Waals surface area contributed by atoms with Gasteiger partial charge in [-0.2, -0.15) is 15.0 Å². The number of benzene rings is 2. The summed E-state index contributed by atoms with van der Waals surface area (Å²) in [6.07, 6.45) is 1.37. The van der Waals surface area contributed by atoms with Gasteiger partial charge in [-0.3, -0.25) is 9.59 Å². The molecule has 0 spiro atoms. The number of carboxylic acids is 1. The van der Waals surface area contributed by atoms with E-state index in [0.29, 0.717) is 5.69 Å². The first kappa shape index (κ1) is 18.3. The van der Waals surface area contributed by atoms with Crippen molar-refractivity contribution in [1.29, 1.82) is 0 Å². The molecule has 138 valence electrons. The topological polar surface area (TPSA) is 97.1 Å². The number of aromatic nitrogens is 3. The van der Waals surface area contributed by atoms with Crippen LogP contribution in [0.25, 0.3) is 5.69 Å². The Bertz CT molecular complexity index is 937. The molecule has 0 bridgehead atoms. The van der Waals surface area contributed by atoms with Crippen molar-refractivity contribution in [3.8, 4) is 5.69 Å². The van der Waals surface area contributed by atoms with Gasteiger partial charge in [-0.25, -0.2) is 0 Å². The third kappa shape index (κ3) is 4.78. The van der Waals surface area contributed by atoms with E-state index < -0.39 is 12.0 Å². The molecule has 0 radical (unpaired) electrons. The van der Waals surface area contributed by atoms with Gasteiger partial charge >= 0.3 is 5.97 Å². The first-order valence-corrected chi connectivity index (χ1v) is 8.56. The summed E-state index contributed by atoms with van der Waals surface area (Å²) in [5, 5.41) is 20.5. The minimum absolute atomic E-state index is 0.0227. The number of carboxylic acid groups (broad SMARTS) is 1. The van der Waals surface area contributed by atoms with Crippen LogP contribution in [0.5, 0.6) is 0 Å². The average molecular weight is 364 g/mol. The molecule has 2 N–H and O–H groups in total. The molecule has 0 saturated heterocycles. The lowest BCUT2D eigenvalue weighted by Gasteiger charge is -2.19. The van der Waals surface area contributed by atoms with E-state index in [4.69, 9.17) is 0 Å². The monoisotopic (exact) mass is 364 g/mol. The van der Waals surface area contributed by atoms with Crippen molar-refractivity contribution in [3.63, 3.8) is 0 Å². The Labute approximate surface area is 156 Å². The zero-order valence-corrected chi connectivity index (χ0v) is 14.9. The number of para-hydroxylation sites is 1. The van der Waals surface area contributed by atoms with Gasteiger partial charge in [0.1, 0.15) is 0 Å². The lowest BCUT2D eigenvalue weighted by Crippen LogP contribution is -2.32. The highest BCUT2D eigenvalue weighted by Gasteiger charge is 2.20. The zero-order valence-electron chi connectivity index (χ0n) is 14.9. The van der Waals surface area contributed by atoms with E-state index in [1.165, 1.54) is 11.0 Å². The fraction of sp³-hybridized carbons (Fsp3) is 0.200. The van der Waals surface area contributed by atoms with E-state index in [1.807, 2.05) is 61.5 Å². The number of aryl methyl sites for hydroxylation is 1. The van der Waals surface area contributed by atoms with E-state index >= 15 is 0 Å². The summed E-state index contributed by atoms with van der Waals surface area (Å²) in [5.74, 6) is -1.27. The van der Waals surface area contributed by atoms with Crippen LogP contribution in [0.1, 0.15) is 29.3 Å². The molecule has 0 aliphatic carbocycles. The summed E-state index contributed by atoms with van der Waals surface area (Å²) in [7, 11) is 0. The van der Waals surface area contributed by atoms with E-state index in [-0.39, 0.29) is 18.7 Å². The van der Waals surface area contributed by atoms with Gasteiger partial charge in [0.25, 0.3) is 0 Å². The van der Waals surface area contributed by atoms with Crippen molar-refractivity contribution in [2.24, 2.45) is 0 Å². The predicted molar refractivity (Wildman–Crippen MR) is 99.4 cm³/mol. The standard InChI is InChI=1S/C20H20N4O3/c1-14-7-5-6-10-17(14)18(12-20(26)27)22-19(25)11-15-13-21-24(23-15)16-8-3-2-4-9-16/h2-10,13,18H,11-12H2,1H3,(H,22,25)(H,26,27)/t18-/m0/s1. The molecular weight excluding hydrogens is 344 g/mol. The van der Waals surface area contributed by atoms with E-state index in [0.717, 1.165) is 16.8 Å². The minimum Gasteiger partial charge on any atom is -0.481 e. The highest BCUT2D eigenvalue weighted by Crippen LogP contribution is 2.21. The second-order valence-corrected chi connectivity index (χ2v) is 6.21. The second kappa shape index (κ2) is 8.27. The number of carbonyl (C=O) groups is 2. The van der Waals surface area contributed by atoms with Gasteiger partial charge in [0, 0.05) is 0 Å². The molecule has 0 aliphatic heterocycles. The van der Waals surface area contributed by atoms with Gasteiger partial charge in [-0.1, -0.05) is 42.5 Å². The fourth-order valence-corrected chi connectivity index (χ4v) is 2.86. The van der Waals surface area contributed by atoms with Crippen LogP contribution >= 0.6 is 0 Å². The third-order valence-electron chi connectivity index (χ3n) is 4.15.